The van der Waals surface area contributed by atoms with Crippen LogP contribution in [0.2, 0.25) is 0 Å². The fourth-order valence-electron chi connectivity index (χ4n) is 3.49. The second-order valence-electron chi connectivity index (χ2n) is 6.39. The fourth-order valence-corrected chi connectivity index (χ4v) is 3.49. The maximum absolute atomic E-state index is 12.5. The molecule has 1 fully saturated rings. The van der Waals surface area contributed by atoms with Crippen molar-refractivity contribution in [1.82, 2.24) is 10.3 Å². The Labute approximate surface area is 143 Å². The van der Waals surface area contributed by atoms with Gasteiger partial charge in [0.2, 0.25) is 5.91 Å². The third-order valence-electron chi connectivity index (χ3n) is 4.81. The number of carbonyl (C=O) groups is 1. The monoisotopic (exact) mass is 324 g/mol. The molecule has 0 saturated heterocycles. The zero-order valence-electron chi connectivity index (χ0n) is 14.1. The van der Waals surface area contributed by atoms with Gasteiger partial charge < -0.3 is 10.1 Å². The lowest BCUT2D eigenvalue weighted by molar-refractivity contribution is -0.123. The Hall–Kier alpha value is -2.36. The van der Waals surface area contributed by atoms with Crippen LogP contribution < -0.4 is 10.1 Å². The van der Waals surface area contributed by atoms with E-state index in [0.717, 1.165) is 37.1 Å². The average molecular weight is 324 g/mol. The summed E-state index contributed by atoms with van der Waals surface area (Å²) >= 11 is 0. The van der Waals surface area contributed by atoms with Crippen molar-refractivity contribution in [2.24, 2.45) is 0 Å². The van der Waals surface area contributed by atoms with Crippen molar-refractivity contribution in [3.63, 3.8) is 0 Å². The van der Waals surface area contributed by atoms with E-state index >= 15 is 0 Å². The van der Waals surface area contributed by atoms with Crippen molar-refractivity contribution in [1.29, 1.82) is 0 Å². The van der Waals surface area contributed by atoms with Crippen LogP contribution in [0.1, 0.15) is 43.4 Å². The minimum absolute atomic E-state index is 0.0957. The molecule has 0 unspecified atom stereocenters. The third-order valence-corrected chi connectivity index (χ3v) is 4.81. The highest BCUT2D eigenvalue weighted by Gasteiger charge is 2.36. The van der Waals surface area contributed by atoms with Crippen LogP contribution in [0.25, 0.3) is 0 Å². The Morgan fingerprint density at radius 3 is 2.54 bits per heavy atom. The number of hydrogen-bond donors (Lipinski definition) is 1. The van der Waals surface area contributed by atoms with Crippen LogP contribution in [0.4, 0.5) is 0 Å². The minimum Gasteiger partial charge on any atom is -0.497 e. The summed E-state index contributed by atoms with van der Waals surface area (Å²) in [5, 5.41) is 3.31. The van der Waals surface area contributed by atoms with Crippen LogP contribution in [-0.2, 0) is 16.8 Å². The molecule has 0 atom stereocenters. The lowest BCUT2D eigenvalue weighted by Crippen LogP contribution is -2.43. The van der Waals surface area contributed by atoms with Crippen molar-refractivity contribution in [2.75, 3.05) is 7.11 Å². The molecule has 2 aromatic rings. The first kappa shape index (κ1) is 16.5. The van der Waals surface area contributed by atoms with Gasteiger partial charge in [0.15, 0.2) is 0 Å². The number of methoxy groups -OCH3 is 1. The van der Waals surface area contributed by atoms with E-state index in [1.165, 1.54) is 5.56 Å². The summed E-state index contributed by atoms with van der Waals surface area (Å²) in [6.45, 7) is 0. The number of rotatable bonds is 6. The topological polar surface area (TPSA) is 51.2 Å². The summed E-state index contributed by atoms with van der Waals surface area (Å²) in [5.41, 5.74) is 1.90. The van der Waals surface area contributed by atoms with Crippen molar-refractivity contribution in [3.05, 3.63) is 59.9 Å². The van der Waals surface area contributed by atoms with E-state index in [2.05, 4.69) is 22.4 Å². The zero-order chi connectivity index (χ0) is 16.8. The molecule has 1 aromatic carbocycles. The highest BCUT2D eigenvalue weighted by atomic mass is 16.5. The Bertz CT molecular complexity index is 662. The molecule has 3 rings (SSSR count). The Kier molecular flexibility index (Phi) is 5.14. The number of aryl methyl sites for hydroxylation is 1. The summed E-state index contributed by atoms with van der Waals surface area (Å²) in [6.07, 6.45) is 7.19. The van der Waals surface area contributed by atoms with Crippen LogP contribution in [0, 0.1) is 0 Å². The van der Waals surface area contributed by atoms with Gasteiger partial charge in [-0.2, -0.15) is 0 Å². The second-order valence-corrected chi connectivity index (χ2v) is 6.39. The molecule has 4 heteroatoms. The molecule has 0 aliphatic heterocycles. The molecule has 1 heterocycles. The van der Waals surface area contributed by atoms with Gasteiger partial charge in [-0.15, -0.1) is 0 Å². The van der Waals surface area contributed by atoms with Gasteiger partial charge in [0.1, 0.15) is 5.75 Å². The first-order chi connectivity index (χ1) is 11.7. The molecule has 0 radical (unpaired) electrons. The average Bonchev–Trinajstić information content (AvgIpc) is 3.10. The minimum atomic E-state index is -0.229. The standard InChI is InChI=1S/C20H24N2O2/c1-24-18-10-7-16(8-11-18)20(13-3-4-14-20)22-19(23)12-9-17-6-2-5-15-21-17/h2,5-8,10-11,15H,3-4,9,12-14H2,1H3,(H,22,23). The lowest BCUT2D eigenvalue weighted by Gasteiger charge is -2.31. The number of benzene rings is 1. The molecule has 1 N–H and O–H groups in total. The van der Waals surface area contributed by atoms with E-state index in [-0.39, 0.29) is 11.4 Å². The van der Waals surface area contributed by atoms with Crippen molar-refractivity contribution >= 4 is 5.91 Å². The van der Waals surface area contributed by atoms with Gasteiger partial charge >= 0.3 is 0 Å². The zero-order valence-corrected chi connectivity index (χ0v) is 14.1. The quantitative estimate of drug-likeness (QED) is 0.883. The van der Waals surface area contributed by atoms with Crippen LogP contribution >= 0.6 is 0 Å². The molecule has 1 aliphatic carbocycles. The second kappa shape index (κ2) is 7.47. The molecule has 1 amide bonds. The van der Waals surface area contributed by atoms with E-state index in [9.17, 15) is 4.79 Å². The van der Waals surface area contributed by atoms with Crippen LogP contribution in [-0.4, -0.2) is 18.0 Å². The normalized spacial score (nSPS) is 15.9. The number of hydrogen-bond acceptors (Lipinski definition) is 3. The van der Waals surface area contributed by atoms with Crippen molar-refractivity contribution in [2.45, 2.75) is 44.1 Å². The largest absolute Gasteiger partial charge is 0.497 e. The smallest absolute Gasteiger partial charge is 0.221 e. The predicted octanol–water partition coefficient (Wildman–Crippen LogP) is 3.61. The van der Waals surface area contributed by atoms with Crippen molar-refractivity contribution < 1.29 is 9.53 Å². The fraction of sp³-hybridized carbons (Fsp3) is 0.400. The molecule has 4 nitrogen and oxygen atoms in total. The van der Waals surface area contributed by atoms with E-state index in [4.69, 9.17) is 4.74 Å². The predicted molar refractivity (Wildman–Crippen MR) is 93.8 cm³/mol. The van der Waals surface area contributed by atoms with E-state index in [1.54, 1.807) is 13.3 Å². The number of ether oxygens (including phenoxy) is 1. The third kappa shape index (κ3) is 3.75. The Morgan fingerprint density at radius 1 is 1.17 bits per heavy atom. The van der Waals surface area contributed by atoms with E-state index in [1.807, 2.05) is 30.3 Å². The van der Waals surface area contributed by atoms with E-state index in [0.29, 0.717) is 12.8 Å². The van der Waals surface area contributed by atoms with Crippen LogP contribution in [0.3, 0.4) is 0 Å². The van der Waals surface area contributed by atoms with Gasteiger partial charge in [-0.25, -0.2) is 0 Å². The number of nitrogens with zero attached hydrogens (tertiary/aromatic N) is 1. The molecule has 24 heavy (non-hydrogen) atoms. The van der Waals surface area contributed by atoms with Gasteiger partial charge in [0.05, 0.1) is 12.6 Å². The lowest BCUT2D eigenvalue weighted by atomic mass is 9.87. The molecular weight excluding hydrogens is 300 g/mol. The Balaban J connectivity index is 1.67. The molecule has 1 aliphatic rings. The first-order valence-corrected chi connectivity index (χ1v) is 8.57. The number of nitrogens with one attached hydrogen (secondary N) is 1. The molecule has 1 saturated carbocycles. The molecule has 126 valence electrons. The summed E-state index contributed by atoms with van der Waals surface area (Å²) in [5.74, 6) is 0.937. The molecule has 1 aromatic heterocycles. The van der Waals surface area contributed by atoms with E-state index < -0.39 is 0 Å². The first-order valence-electron chi connectivity index (χ1n) is 8.57. The number of amides is 1. The number of carbonyl (C=O) groups excluding carboxylic acids is 1. The van der Waals surface area contributed by atoms with Crippen LogP contribution in [0.15, 0.2) is 48.7 Å². The van der Waals surface area contributed by atoms with Gasteiger partial charge in [-0.1, -0.05) is 31.0 Å². The SMILES string of the molecule is COc1ccc(C2(NC(=O)CCc3ccccn3)CCCC2)cc1. The Morgan fingerprint density at radius 2 is 1.92 bits per heavy atom. The summed E-state index contributed by atoms with van der Waals surface area (Å²) in [6, 6.07) is 13.9. The summed E-state index contributed by atoms with van der Waals surface area (Å²) in [4.78, 5) is 16.8. The van der Waals surface area contributed by atoms with Gasteiger partial charge in [-0.05, 0) is 49.1 Å². The highest BCUT2D eigenvalue weighted by molar-refractivity contribution is 5.77. The molecule has 0 bridgehead atoms. The summed E-state index contributed by atoms with van der Waals surface area (Å²) < 4.78 is 5.24. The maximum Gasteiger partial charge on any atom is 0.221 e. The molecule has 0 spiro atoms. The summed E-state index contributed by atoms with van der Waals surface area (Å²) in [7, 11) is 1.67. The van der Waals surface area contributed by atoms with Crippen LogP contribution in [0.5, 0.6) is 5.75 Å². The molecular formula is C20H24N2O2. The van der Waals surface area contributed by atoms with Crippen molar-refractivity contribution in [3.8, 4) is 5.75 Å². The van der Waals surface area contributed by atoms with Gasteiger partial charge in [0.25, 0.3) is 0 Å². The van der Waals surface area contributed by atoms with Gasteiger partial charge in [0, 0.05) is 18.3 Å². The number of aromatic nitrogens is 1. The number of pyridine rings is 1. The van der Waals surface area contributed by atoms with Gasteiger partial charge in [-0.3, -0.25) is 9.78 Å². The maximum atomic E-state index is 12.5. The highest BCUT2D eigenvalue weighted by Crippen LogP contribution is 2.39.